The van der Waals surface area contributed by atoms with Gasteiger partial charge in [-0.2, -0.15) is 0 Å². The number of rotatable bonds is 11. The first-order chi connectivity index (χ1) is 11.2. The van der Waals surface area contributed by atoms with Crippen molar-refractivity contribution in [3.8, 4) is 0 Å². The van der Waals surface area contributed by atoms with Gasteiger partial charge in [-0.3, -0.25) is 0 Å². The van der Waals surface area contributed by atoms with Crippen molar-refractivity contribution in [1.29, 1.82) is 0 Å². The van der Waals surface area contributed by atoms with Gasteiger partial charge in [0.25, 0.3) is 0 Å². The van der Waals surface area contributed by atoms with Gasteiger partial charge >= 0.3 is 0 Å². The van der Waals surface area contributed by atoms with Gasteiger partial charge in [0, 0.05) is 12.0 Å². The summed E-state index contributed by atoms with van der Waals surface area (Å²) in [5.74, 6) is 0.628. The minimum absolute atomic E-state index is 0.628. The molecule has 136 valence electrons. The molecule has 0 saturated carbocycles. The number of piperidine rings is 1. The van der Waals surface area contributed by atoms with Crippen LogP contribution in [-0.4, -0.2) is 61.4 Å². The molecule has 0 aromatic heterocycles. The number of oxime groups is 1. The zero-order valence-corrected chi connectivity index (χ0v) is 16.2. The molecule has 1 aliphatic heterocycles. The topological polar surface area (TPSA) is 28.1 Å². The van der Waals surface area contributed by atoms with E-state index in [2.05, 4.69) is 42.8 Å². The summed E-state index contributed by atoms with van der Waals surface area (Å²) < 4.78 is 0. The number of hydrogen-bond acceptors (Lipinski definition) is 4. The minimum Gasteiger partial charge on any atom is -0.396 e. The molecule has 1 aliphatic rings. The Kier molecular flexibility index (Phi) is 10.5. The number of nitrogens with zero attached hydrogens (tertiary/aromatic N) is 3. The van der Waals surface area contributed by atoms with Crippen molar-refractivity contribution in [3.63, 3.8) is 0 Å². The van der Waals surface area contributed by atoms with E-state index in [9.17, 15) is 0 Å². The van der Waals surface area contributed by atoms with E-state index in [-0.39, 0.29) is 0 Å². The molecule has 1 saturated heterocycles. The maximum Gasteiger partial charge on any atom is 0.114 e. The van der Waals surface area contributed by atoms with E-state index in [4.69, 9.17) is 4.84 Å². The van der Waals surface area contributed by atoms with Gasteiger partial charge in [0.1, 0.15) is 6.61 Å². The van der Waals surface area contributed by atoms with Gasteiger partial charge in [-0.25, -0.2) is 0 Å². The smallest absolute Gasteiger partial charge is 0.114 e. The zero-order valence-electron chi connectivity index (χ0n) is 16.2. The lowest BCUT2D eigenvalue weighted by Crippen LogP contribution is -2.43. The summed E-state index contributed by atoms with van der Waals surface area (Å²) >= 11 is 0. The quantitative estimate of drug-likeness (QED) is 0.424. The first-order valence-corrected chi connectivity index (χ1v) is 9.77. The second kappa shape index (κ2) is 11.9. The highest BCUT2D eigenvalue weighted by Gasteiger charge is 2.26. The van der Waals surface area contributed by atoms with Crippen molar-refractivity contribution in [2.75, 3.05) is 39.8 Å². The molecule has 23 heavy (non-hydrogen) atoms. The largest absolute Gasteiger partial charge is 0.396 e. The Morgan fingerprint density at radius 1 is 1.17 bits per heavy atom. The van der Waals surface area contributed by atoms with Gasteiger partial charge in [0.2, 0.25) is 0 Å². The third-order valence-corrected chi connectivity index (χ3v) is 5.11. The van der Waals surface area contributed by atoms with E-state index in [0.717, 1.165) is 12.5 Å². The summed E-state index contributed by atoms with van der Waals surface area (Å²) in [6.45, 7) is 14.3. The molecule has 4 heteroatoms. The predicted octanol–water partition coefficient (Wildman–Crippen LogP) is 4.01. The van der Waals surface area contributed by atoms with E-state index >= 15 is 0 Å². The van der Waals surface area contributed by atoms with E-state index in [1.165, 1.54) is 64.0 Å². The summed E-state index contributed by atoms with van der Waals surface area (Å²) in [7, 11) is 2.25. The van der Waals surface area contributed by atoms with Crippen molar-refractivity contribution in [2.45, 2.75) is 72.3 Å². The monoisotopic (exact) mass is 325 g/mol. The lowest BCUT2D eigenvalue weighted by molar-refractivity contribution is 0.124. The lowest BCUT2D eigenvalue weighted by Gasteiger charge is -2.38. The van der Waals surface area contributed by atoms with Gasteiger partial charge in [-0.15, -0.1) is 0 Å². The van der Waals surface area contributed by atoms with Gasteiger partial charge in [-0.1, -0.05) is 25.9 Å². The van der Waals surface area contributed by atoms with Crippen LogP contribution in [0.4, 0.5) is 0 Å². The van der Waals surface area contributed by atoms with Crippen molar-refractivity contribution in [1.82, 2.24) is 9.80 Å². The SMILES string of the molecule is CCCN(C)CCC(CC)N1CCC(C(CC)=NOCC)CC1. The maximum absolute atomic E-state index is 5.29. The van der Waals surface area contributed by atoms with Crippen LogP contribution >= 0.6 is 0 Å². The normalized spacial score (nSPS) is 19.3. The first-order valence-electron chi connectivity index (χ1n) is 9.77. The molecule has 0 bridgehead atoms. The third-order valence-electron chi connectivity index (χ3n) is 5.11. The van der Waals surface area contributed by atoms with Crippen molar-refractivity contribution in [3.05, 3.63) is 0 Å². The summed E-state index contributed by atoms with van der Waals surface area (Å²) in [5.41, 5.74) is 1.27. The maximum atomic E-state index is 5.29. The van der Waals surface area contributed by atoms with Crippen LogP contribution in [0.15, 0.2) is 5.16 Å². The summed E-state index contributed by atoms with van der Waals surface area (Å²) in [5, 5.41) is 4.35. The van der Waals surface area contributed by atoms with Gasteiger partial charge < -0.3 is 14.6 Å². The minimum atomic E-state index is 0.628. The second-order valence-electron chi connectivity index (χ2n) is 6.82. The molecule has 4 nitrogen and oxygen atoms in total. The standard InChI is InChI=1S/C19H39N3O/c1-6-13-21(5)14-12-18(7-2)22-15-10-17(11-16-22)19(8-3)20-23-9-4/h17-18H,6-16H2,1-5H3. The fraction of sp³-hybridized carbons (Fsp3) is 0.947. The van der Waals surface area contributed by atoms with Crippen LogP contribution < -0.4 is 0 Å². The Balaban J connectivity index is 2.43. The fourth-order valence-corrected chi connectivity index (χ4v) is 3.68. The van der Waals surface area contributed by atoms with Gasteiger partial charge in [-0.05, 0) is 78.7 Å². The molecule has 0 aliphatic carbocycles. The molecule has 0 aromatic rings. The molecule has 1 atom stereocenters. The van der Waals surface area contributed by atoms with Crippen molar-refractivity contribution < 1.29 is 4.84 Å². The summed E-state index contributed by atoms with van der Waals surface area (Å²) in [6, 6.07) is 0.740. The molecule has 1 fully saturated rings. The average Bonchev–Trinajstić information content (AvgIpc) is 2.57. The van der Waals surface area contributed by atoms with Gasteiger partial charge in [0.15, 0.2) is 0 Å². The number of hydrogen-bond donors (Lipinski definition) is 0. The van der Waals surface area contributed by atoms with Crippen LogP contribution in [0, 0.1) is 5.92 Å². The Morgan fingerprint density at radius 2 is 1.87 bits per heavy atom. The molecule has 0 aromatic carbocycles. The Hall–Kier alpha value is -0.610. The molecular weight excluding hydrogens is 286 g/mol. The average molecular weight is 326 g/mol. The third kappa shape index (κ3) is 7.21. The highest BCUT2D eigenvalue weighted by molar-refractivity contribution is 5.86. The van der Waals surface area contributed by atoms with Crippen LogP contribution in [0.3, 0.4) is 0 Å². The van der Waals surface area contributed by atoms with E-state index in [1.807, 2.05) is 6.92 Å². The zero-order chi connectivity index (χ0) is 17.1. The fourth-order valence-electron chi connectivity index (χ4n) is 3.68. The second-order valence-corrected chi connectivity index (χ2v) is 6.82. The summed E-state index contributed by atoms with van der Waals surface area (Å²) in [4.78, 5) is 10.5. The van der Waals surface area contributed by atoms with Crippen molar-refractivity contribution >= 4 is 5.71 Å². The molecule has 0 spiro atoms. The Labute approximate surface area is 144 Å². The molecule has 1 heterocycles. The number of likely N-dealkylation sites (tertiary alicyclic amines) is 1. The predicted molar refractivity (Wildman–Crippen MR) is 100 cm³/mol. The van der Waals surface area contributed by atoms with Crippen molar-refractivity contribution in [2.24, 2.45) is 11.1 Å². The van der Waals surface area contributed by atoms with E-state index in [0.29, 0.717) is 12.5 Å². The van der Waals surface area contributed by atoms with E-state index in [1.54, 1.807) is 0 Å². The molecule has 1 rings (SSSR count). The van der Waals surface area contributed by atoms with Crippen LogP contribution in [0.1, 0.15) is 66.2 Å². The van der Waals surface area contributed by atoms with E-state index < -0.39 is 0 Å². The van der Waals surface area contributed by atoms with Crippen LogP contribution in [0.5, 0.6) is 0 Å². The molecule has 0 amide bonds. The molecule has 1 unspecified atom stereocenters. The van der Waals surface area contributed by atoms with Gasteiger partial charge in [0.05, 0.1) is 5.71 Å². The molecular formula is C19H39N3O. The Morgan fingerprint density at radius 3 is 2.39 bits per heavy atom. The molecule has 0 N–H and O–H groups in total. The first kappa shape index (κ1) is 20.4. The Bertz CT molecular complexity index is 325. The lowest BCUT2D eigenvalue weighted by atomic mass is 9.89. The molecule has 0 radical (unpaired) electrons. The highest BCUT2D eigenvalue weighted by atomic mass is 16.6. The van der Waals surface area contributed by atoms with Crippen LogP contribution in [-0.2, 0) is 4.84 Å². The van der Waals surface area contributed by atoms with Crippen LogP contribution in [0.25, 0.3) is 0 Å². The van der Waals surface area contributed by atoms with Crippen LogP contribution in [0.2, 0.25) is 0 Å². The highest BCUT2D eigenvalue weighted by Crippen LogP contribution is 2.24. The summed E-state index contributed by atoms with van der Waals surface area (Å²) in [6.07, 6.45) is 7.30.